The highest BCUT2D eigenvalue weighted by Crippen LogP contribution is 2.34. The summed E-state index contributed by atoms with van der Waals surface area (Å²) < 4.78 is 33.9. The quantitative estimate of drug-likeness (QED) is 0.829. The first-order valence-electron chi connectivity index (χ1n) is 6.78. The molecule has 0 amide bonds. The van der Waals surface area contributed by atoms with E-state index in [-0.39, 0.29) is 22.5 Å². The number of rotatable bonds is 6. The molecule has 0 saturated carbocycles. The van der Waals surface area contributed by atoms with E-state index < -0.39 is 9.84 Å². The number of nitrogen functional groups attached to an aromatic ring is 1. The maximum absolute atomic E-state index is 12.3. The number of nitrogens with two attached hydrogens (primary N) is 1. The molecule has 2 rings (SSSR count). The number of nitrogens with zero attached hydrogens (tertiary/aromatic N) is 1. The molecule has 0 aliphatic carbocycles. The summed E-state index contributed by atoms with van der Waals surface area (Å²) in [7, 11) is -3.37. The number of nitrogens with one attached hydrogen (secondary N) is 1. The van der Waals surface area contributed by atoms with Gasteiger partial charge in [0.05, 0.1) is 12.4 Å². The van der Waals surface area contributed by atoms with Crippen molar-refractivity contribution in [3.63, 3.8) is 0 Å². The fourth-order valence-electron chi connectivity index (χ4n) is 2.33. The summed E-state index contributed by atoms with van der Waals surface area (Å²) in [4.78, 5) is 0.162. The van der Waals surface area contributed by atoms with Gasteiger partial charge in [0, 0.05) is 18.6 Å². The number of ether oxygens (including phenoxy) is 1. The smallest absolute Gasteiger partial charge is 0.185 e. The van der Waals surface area contributed by atoms with E-state index in [2.05, 4.69) is 9.69 Å². The topological polar surface area (TPSA) is 94.3 Å². The normalized spacial score (nSPS) is 21.0. The molecule has 1 aliphatic rings. The van der Waals surface area contributed by atoms with Gasteiger partial charge < -0.3 is 15.8 Å². The van der Waals surface area contributed by atoms with Gasteiger partial charge in [-0.25, -0.2) is 8.42 Å². The molecule has 1 aromatic rings. The minimum atomic E-state index is -3.37. The average molecular weight is 319 g/mol. The summed E-state index contributed by atoms with van der Waals surface area (Å²) in [6.07, 6.45) is 1.54. The number of hydrogen-bond donors (Lipinski definition) is 2. The van der Waals surface area contributed by atoms with Crippen molar-refractivity contribution >= 4 is 32.2 Å². The van der Waals surface area contributed by atoms with Crippen LogP contribution in [0.3, 0.4) is 0 Å². The van der Waals surface area contributed by atoms with Crippen LogP contribution in [0.1, 0.15) is 26.7 Å². The van der Waals surface area contributed by atoms with E-state index in [1.807, 2.05) is 13.8 Å². The first-order valence-corrected chi connectivity index (χ1v) is 9.20. The summed E-state index contributed by atoms with van der Waals surface area (Å²) in [5, 5.41) is 3.81. The summed E-state index contributed by atoms with van der Waals surface area (Å²) in [6, 6.07) is 0.132. The van der Waals surface area contributed by atoms with Crippen molar-refractivity contribution in [1.29, 1.82) is 0 Å². The average Bonchev–Trinajstić information content (AvgIpc) is 2.99. The van der Waals surface area contributed by atoms with E-state index >= 15 is 0 Å². The molecular formula is C12H21N3O3S2. The summed E-state index contributed by atoms with van der Waals surface area (Å²) in [6.45, 7) is 5.34. The fourth-order valence-corrected chi connectivity index (χ4v) is 5.03. The molecule has 0 aromatic carbocycles. The van der Waals surface area contributed by atoms with Gasteiger partial charge >= 0.3 is 0 Å². The molecule has 2 atom stereocenters. The third kappa shape index (κ3) is 3.24. The molecule has 1 aromatic heterocycles. The maximum Gasteiger partial charge on any atom is 0.185 e. The molecule has 0 radical (unpaired) electrons. The van der Waals surface area contributed by atoms with Crippen molar-refractivity contribution in [2.24, 2.45) is 5.92 Å². The van der Waals surface area contributed by atoms with Gasteiger partial charge in [-0.2, -0.15) is 4.37 Å². The molecule has 114 valence electrons. The molecule has 1 saturated heterocycles. The van der Waals surface area contributed by atoms with Crippen LogP contribution in [0.2, 0.25) is 0 Å². The lowest BCUT2D eigenvalue weighted by Gasteiger charge is -2.20. The van der Waals surface area contributed by atoms with E-state index in [9.17, 15) is 8.42 Å². The van der Waals surface area contributed by atoms with Crippen LogP contribution in [-0.4, -0.2) is 37.8 Å². The molecular weight excluding hydrogens is 298 g/mol. The van der Waals surface area contributed by atoms with Gasteiger partial charge in [0.1, 0.15) is 9.90 Å². The molecule has 6 nitrogen and oxygen atoms in total. The second-order valence-corrected chi connectivity index (χ2v) is 7.92. The van der Waals surface area contributed by atoms with Gasteiger partial charge in [-0.15, -0.1) is 0 Å². The zero-order chi connectivity index (χ0) is 14.8. The molecule has 8 heteroatoms. The lowest BCUT2D eigenvalue weighted by molar-refractivity contribution is 0.183. The Bertz CT molecular complexity index is 550. The zero-order valence-corrected chi connectivity index (χ0v) is 13.4. The van der Waals surface area contributed by atoms with Crippen molar-refractivity contribution in [3.05, 3.63) is 0 Å². The third-order valence-corrected chi connectivity index (χ3v) is 6.39. The van der Waals surface area contributed by atoms with E-state index in [1.165, 1.54) is 0 Å². The lowest BCUT2D eigenvalue weighted by atomic mass is 10.0. The van der Waals surface area contributed by atoms with Gasteiger partial charge in [-0.3, -0.25) is 0 Å². The summed E-state index contributed by atoms with van der Waals surface area (Å²) in [5.41, 5.74) is 5.74. The first-order chi connectivity index (χ1) is 9.45. The van der Waals surface area contributed by atoms with Gasteiger partial charge in [0.15, 0.2) is 15.7 Å². The Hall–Kier alpha value is -0.860. The van der Waals surface area contributed by atoms with Crippen molar-refractivity contribution in [3.8, 4) is 0 Å². The third-order valence-electron chi connectivity index (χ3n) is 3.49. The van der Waals surface area contributed by atoms with E-state index in [0.29, 0.717) is 23.9 Å². The Morgan fingerprint density at radius 1 is 1.60 bits per heavy atom. The predicted octanol–water partition coefficient (Wildman–Crippen LogP) is 1.75. The summed E-state index contributed by atoms with van der Waals surface area (Å²) >= 11 is 1.11. The Morgan fingerprint density at radius 2 is 2.35 bits per heavy atom. The predicted molar refractivity (Wildman–Crippen MR) is 80.9 cm³/mol. The molecule has 2 unspecified atom stereocenters. The van der Waals surface area contributed by atoms with Crippen LogP contribution in [-0.2, 0) is 14.6 Å². The summed E-state index contributed by atoms with van der Waals surface area (Å²) in [5.74, 6) is 0.575. The highest BCUT2D eigenvalue weighted by molar-refractivity contribution is 7.91. The van der Waals surface area contributed by atoms with Gasteiger partial charge in [0.2, 0.25) is 0 Å². The van der Waals surface area contributed by atoms with Crippen LogP contribution < -0.4 is 11.1 Å². The molecule has 1 aliphatic heterocycles. The van der Waals surface area contributed by atoms with Crippen LogP contribution in [0.5, 0.6) is 0 Å². The Kier molecular flexibility index (Phi) is 4.87. The van der Waals surface area contributed by atoms with Crippen molar-refractivity contribution in [2.45, 2.75) is 37.6 Å². The van der Waals surface area contributed by atoms with Gasteiger partial charge in [-0.1, -0.05) is 6.92 Å². The monoisotopic (exact) mass is 319 g/mol. The van der Waals surface area contributed by atoms with Gasteiger partial charge in [-0.05, 0) is 31.3 Å². The Balaban J connectivity index is 2.20. The largest absolute Gasteiger partial charge is 0.382 e. The highest BCUT2D eigenvalue weighted by Gasteiger charge is 2.28. The maximum atomic E-state index is 12.3. The molecule has 0 spiro atoms. The van der Waals surface area contributed by atoms with Crippen molar-refractivity contribution in [2.75, 3.05) is 30.0 Å². The number of anilines is 2. The fraction of sp³-hybridized carbons (Fsp3) is 0.750. The minimum Gasteiger partial charge on any atom is -0.382 e. The number of hydrogen-bond acceptors (Lipinski definition) is 7. The van der Waals surface area contributed by atoms with Crippen molar-refractivity contribution < 1.29 is 13.2 Å². The van der Waals surface area contributed by atoms with Crippen LogP contribution in [0.25, 0.3) is 0 Å². The second kappa shape index (κ2) is 6.28. The first kappa shape index (κ1) is 15.5. The number of aromatic nitrogens is 1. The van der Waals surface area contributed by atoms with Crippen LogP contribution in [0, 0.1) is 5.92 Å². The SMILES string of the molecule is CCCS(=O)(=O)c1c(N)nsc1NC(C)C1CCOC1. The van der Waals surface area contributed by atoms with Crippen LogP contribution >= 0.6 is 11.5 Å². The Labute approximate surface area is 123 Å². The van der Waals surface area contributed by atoms with Crippen LogP contribution in [0.15, 0.2) is 4.90 Å². The molecule has 2 heterocycles. The van der Waals surface area contributed by atoms with Gasteiger partial charge in [0.25, 0.3) is 0 Å². The van der Waals surface area contributed by atoms with E-state index in [4.69, 9.17) is 10.5 Å². The molecule has 1 fully saturated rings. The lowest BCUT2D eigenvalue weighted by Crippen LogP contribution is -2.26. The molecule has 0 bridgehead atoms. The zero-order valence-electron chi connectivity index (χ0n) is 11.8. The second-order valence-electron chi connectivity index (χ2n) is 5.10. The molecule has 3 N–H and O–H groups in total. The minimum absolute atomic E-state index is 0.0885. The van der Waals surface area contributed by atoms with E-state index in [0.717, 1.165) is 24.6 Å². The molecule has 20 heavy (non-hydrogen) atoms. The standard InChI is InChI=1S/C12H21N3O3S2/c1-3-6-20(16,17)10-11(13)15-19-12(10)14-8(2)9-4-5-18-7-9/h8-9,14H,3-7H2,1-2H3,(H2,13,15). The van der Waals surface area contributed by atoms with E-state index in [1.54, 1.807) is 0 Å². The number of sulfone groups is 1. The van der Waals surface area contributed by atoms with Crippen LogP contribution in [0.4, 0.5) is 10.8 Å². The highest BCUT2D eigenvalue weighted by atomic mass is 32.2. The van der Waals surface area contributed by atoms with Crippen molar-refractivity contribution in [1.82, 2.24) is 4.37 Å². The Morgan fingerprint density at radius 3 is 2.95 bits per heavy atom.